The minimum Gasteiger partial charge on any atom is -0.312 e. The highest BCUT2D eigenvalue weighted by Gasteiger charge is 2.27. The summed E-state index contributed by atoms with van der Waals surface area (Å²) in [7, 11) is 0. The zero-order valence-electron chi connectivity index (χ0n) is 14.9. The highest BCUT2D eigenvalue weighted by Crippen LogP contribution is 2.29. The molecule has 2 unspecified atom stereocenters. The van der Waals surface area contributed by atoms with Gasteiger partial charge in [-0.3, -0.25) is 0 Å². The largest absolute Gasteiger partial charge is 0.312 e. The Balaban J connectivity index is 1.56. The van der Waals surface area contributed by atoms with E-state index in [2.05, 4.69) is 32.6 Å². The van der Waals surface area contributed by atoms with E-state index in [1.165, 1.54) is 63.5 Å². The second-order valence-electron chi connectivity index (χ2n) is 7.57. The maximum absolute atomic E-state index is 13.0. The van der Waals surface area contributed by atoms with Gasteiger partial charge in [-0.2, -0.15) is 0 Å². The van der Waals surface area contributed by atoms with E-state index in [0.29, 0.717) is 12.1 Å². The maximum atomic E-state index is 13.0. The van der Waals surface area contributed by atoms with Gasteiger partial charge in [0, 0.05) is 23.1 Å². The average molecular weight is 409 g/mol. The van der Waals surface area contributed by atoms with Crippen LogP contribution in [0.5, 0.6) is 0 Å². The van der Waals surface area contributed by atoms with Crippen LogP contribution in [-0.2, 0) is 0 Å². The summed E-state index contributed by atoms with van der Waals surface area (Å²) in [5.74, 6) is 0.694. The molecule has 2 N–H and O–H groups in total. The first kappa shape index (κ1) is 19.1. The SMILES string of the molecule is Fc1ccc(/C=C(\Br)CNC(CC2CCCCC2)C2CCCN2)cc1. The van der Waals surface area contributed by atoms with Crippen molar-refractivity contribution in [2.75, 3.05) is 13.1 Å². The Bertz CT molecular complexity index is 546. The molecule has 3 rings (SSSR count). The van der Waals surface area contributed by atoms with Gasteiger partial charge in [0.25, 0.3) is 0 Å². The Morgan fingerprint density at radius 3 is 2.60 bits per heavy atom. The molecule has 0 radical (unpaired) electrons. The predicted molar refractivity (Wildman–Crippen MR) is 107 cm³/mol. The molecule has 2 nitrogen and oxygen atoms in total. The van der Waals surface area contributed by atoms with Crippen LogP contribution in [0.4, 0.5) is 4.39 Å². The van der Waals surface area contributed by atoms with Gasteiger partial charge in [-0.1, -0.05) is 60.2 Å². The summed E-state index contributed by atoms with van der Waals surface area (Å²) in [4.78, 5) is 0. The van der Waals surface area contributed by atoms with E-state index in [4.69, 9.17) is 0 Å². The van der Waals surface area contributed by atoms with Gasteiger partial charge in [0.15, 0.2) is 0 Å². The molecular formula is C21H30BrFN2. The molecule has 0 spiro atoms. The van der Waals surface area contributed by atoms with Crippen LogP contribution < -0.4 is 10.6 Å². The molecule has 1 saturated heterocycles. The highest BCUT2D eigenvalue weighted by molar-refractivity contribution is 9.11. The van der Waals surface area contributed by atoms with Gasteiger partial charge in [-0.05, 0) is 55.5 Å². The third-order valence-electron chi connectivity index (χ3n) is 5.62. The summed E-state index contributed by atoms with van der Waals surface area (Å²) in [6, 6.07) is 7.79. The van der Waals surface area contributed by atoms with Gasteiger partial charge >= 0.3 is 0 Å². The smallest absolute Gasteiger partial charge is 0.123 e. The minimum absolute atomic E-state index is 0.189. The van der Waals surface area contributed by atoms with E-state index in [1.54, 1.807) is 0 Å². The van der Waals surface area contributed by atoms with E-state index in [9.17, 15) is 4.39 Å². The monoisotopic (exact) mass is 408 g/mol. The molecule has 0 bridgehead atoms. The second kappa shape index (κ2) is 9.84. The van der Waals surface area contributed by atoms with E-state index in [0.717, 1.165) is 29.1 Å². The lowest BCUT2D eigenvalue weighted by Gasteiger charge is -2.31. The zero-order chi connectivity index (χ0) is 17.5. The number of benzene rings is 1. The van der Waals surface area contributed by atoms with Gasteiger partial charge < -0.3 is 10.6 Å². The first-order valence-corrected chi connectivity index (χ1v) is 10.6. The molecule has 2 fully saturated rings. The molecular weight excluding hydrogens is 379 g/mol. The molecule has 1 aliphatic heterocycles. The number of hydrogen-bond donors (Lipinski definition) is 2. The molecule has 1 heterocycles. The standard InChI is InChI=1S/C21H30BrFN2/c22-18(13-17-8-10-19(23)11-9-17)15-25-21(20-7-4-12-24-20)14-16-5-2-1-3-6-16/h8-11,13,16,20-21,24-25H,1-7,12,14-15H2/b18-13-. The Hall–Kier alpha value is -0.710. The van der Waals surface area contributed by atoms with E-state index in [1.807, 2.05) is 12.1 Å². The predicted octanol–water partition coefficient (Wildman–Crippen LogP) is 5.24. The molecule has 2 aliphatic rings. The van der Waals surface area contributed by atoms with Gasteiger partial charge in [0.1, 0.15) is 5.82 Å². The quantitative estimate of drug-likeness (QED) is 0.644. The van der Waals surface area contributed by atoms with Gasteiger partial charge in [-0.25, -0.2) is 4.39 Å². The zero-order valence-corrected chi connectivity index (χ0v) is 16.5. The van der Waals surface area contributed by atoms with Gasteiger partial charge in [0.05, 0.1) is 0 Å². The summed E-state index contributed by atoms with van der Waals surface area (Å²) < 4.78 is 14.1. The van der Waals surface area contributed by atoms with Crippen molar-refractivity contribution in [1.82, 2.24) is 10.6 Å². The number of rotatable bonds is 7. The number of nitrogens with one attached hydrogen (secondary N) is 2. The van der Waals surface area contributed by atoms with Crippen molar-refractivity contribution in [2.24, 2.45) is 5.92 Å². The first-order chi connectivity index (χ1) is 12.2. The fraction of sp³-hybridized carbons (Fsp3) is 0.619. The van der Waals surface area contributed by atoms with Crippen LogP contribution in [0.3, 0.4) is 0 Å². The lowest BCUT2D eigenvalue weighted by Crippen LogP contribution is -2.46. The molecule has 0 amide bonds. The third-order valence-corrected chi connectivity index (χ3v) is 6.13. The fourth-order valence-electron chi connectivity index (χ4n) is 4.25. The molecule has 1 aromatic carbocycles. The number of halogens is 2. The topological polar surface area (TPSA) is 24.1 Å². The first-order valence-electron chi connectivity index (χ1n) is 9.79. The Morgan fingerprint density at radius 1 is 1.16 bits per heavy atom. The summed E-state index contributed by atoms with van der Waals surface area (Å²) in [5.41, 5.74) is 1.03. The molecule has 0 aromatic heterocycles. The van der Waals surface area contributed by atoms with Crippen LogP contribution in [0.2, 0.25) is 0 Å². The van der Waals surface area contributed by atoms with E-state index >= 15 is 0 Å². The minimum atomic E-state index is -0.189. The van der Waals surface area contributed by atoms with Crippen molar-refractivity contribution in [1.29, 1.82) is 0 Å². The molecule has 25 heavy (non-hydrogen) atoms. The maximum Gasteiger partial charge on any atom is 0.123 e. The van der Waals surface area contributed by atoms with Crippen molar-refractivity contribution in [3.63, 3.8) is 0 Å². The second-order valence-corrected chi connectivity index (χ2v) is 8.59. The average Bonchev–Trinajstić information content (AvgIpc) is 3.16. The van der Waals surface area contributed by atoms with Crippen LogP contribution in [0.25, 0.3) is 6.08 Å². The van der Waals surface area contributed by atoms with Crippen LogP contribution in [0.15, 0.2) is 28.7 Å². The van der Waals surface area contributed by atoms with Crippen LogP contribution in [-0.4, -0.2) is 25.2 Å². The Labute approximate surface area is 159 Å². The van der Waals surface area contributed by atoms with E-state index in [-0.39, 0.29) is 5.82 Å². The van der Waals surface area contributed by atoms with Crippen LogP contribution >= 0.6 is 15.9 Å². The summed E-state index contributed by atoms with van der Waals surface area (Å²) in [6.45, 7) is 1.98. The lowest BCUT2D eigenvalue weighted by atomic mass is 9.83. The van der Waals surface area contributed by atoms with Crippen molar-refractivity contribution in [2.45, 2.75) is 63.5 Å². The van der Waals surface area contributed by atoms with E-state index < -0.39 is 0 Å². The highest BCUT2D eigenvalue weighted by atomic mass is 79.9. The van der Waals surface area contributed by atoms with Crippen LogP contribution in [0.1, 0.15) is 56.9 Å². The van der Waals surface area contributed by atoms with Crippen molar-refractivity contribution in [3.05, 3.63) is 40.1 Å². The van der Waals surface area contributed by atoms with Gasteiger partial charge in [0.2, 0.25) is 0 Å². The fourth-order valence-corrected chi connectivity index (χ4v) is 4.67. The summed E-state index contributed by atoms with van der Waals surface area (Å²) in [5, 5.41) is 7.48. The molecule has 1 aliphatic carbocycles. The van der Waals surface area contributed by atoms with Crippen molar-refractivity contribution < 1.29 is 4.39 Å². The molecule has 138 valence electrons. The molecule has 2 atom stereocenters. The Morgan fingerprint density at radius 2 is 1.92 bits per heavy atom. The summed E-state index contributed by atoms with van der Waals surface area (Å²) in [6.07, 6.45) is 13.0. The molecule has 1 aromatic rings. The third kappa shape index (κ3) is 6.19. The number of hydrogen-bond acceptors (Lipinski definition) is 2. The van der Waals surface area contributed by atoms with Crippen molar-refractivity contribution in [3.8, 4) is 0 Å². The Kier molecular flexibility index (Phi) is 7.50. The van der Waals surface area contributed by atoms with Crippen molar-refractivity contribution >= 4 is 22.0 Å². The lowest BCUT2D eigenvalue weighted by molar-refractivity contribution is 0.273. The molecule has 1 saturated carbocycles. The summed E-state index contributed by atoms with van der Waals surface area (Å²) >= 11 is 3.68. The van der Waals surface area contributed by atoms with Gasteiger partial charge in [-0.15, -0.1) is 0 Å². The normalized spacial score (nSPS) is 23.8. The molecule has 4 heteroatoms. The van der Waals surface area contributed by atoms with Crippen LogP contribution in [0, 0.1) is 11.7 Å².